The van der Waals surface area contributed by atoms with Gasteiger partial charge in [-0.1, -0.05) is 18.2 Å². The van der Waals surface area contributed by atoms with Crippen LogP contribution in [0, 0.1) is 0 Å². The third-order valence-electron chi connectivity index (χ3n) is 1.59. The average Bonchev–Trinajstić information content (AvgIpc) is 2.19. The van der Waals surface area contributed by atoms with Gasteiger partial charge in [0.1, 0.15) is 6.33 Å². The normalized spacial score (nSPS) is 9.13. The van der Waals surface area contributed by atoms with E-state index in [1.54, 1.807) is 0 Å². The van der Waals surface area contributed by atoms with Crippen molar-refractivity contribution in [1.82, 2.24) is 15.0 Å². The van der Waals surface area contributed by atoms with Crippen LogP contribution >= 0.6 is 12.6 Å². The van der Waals surface area contributed by atoms with E-state index in [0.717, 1.165) is 5.69 Å². The summed E-state index contributed by atoms with van der Waals surface area (Å²) in [5, 5.41) is 3.43. The fourth-order valence-electron chi connectivity index (χ4n) is 0.998. The summed E-state index contributed by atoms with van der Waals surface area (Å²) in [6, 6.07) is 9.68. The van der Waals surface area contributed by atoms with Crippen LogP contribution in [-0.4, -0.2) is 44.5 Å². The number of hydrogen-bond acceptors (Lipinski definition) is 5. The van der Waals surface area contributed by atoms with E-state index in [-0.39, 0.29) is 29.6 Å². The SMILES string of the molecule is Sc1ncnc(Nc2ccccc2)n1.[NaH]. The van der Waals surface area contributed by atoms with E-state index < -0.39 is 0 Å². The van der Waals surface area contributed by atoms with Crippen LogP contribution in [0.2, 0.25) is 0 Å². The van der Waals surface area contributed by atoms with E-state index in [2.05, 4.69) is 32.9 Å². The molecule has 2 aromatic rings. The number of thiol groups is 1. The second-order valence-electron chi connectivity index (χ2n) is 2.60. The fourth-order valence-corrected chi connectivity index (χ4v) is 1.14. The van der Waals surface area contributed by atoms with E-state index in [9.17, 15) is 0 Å². The Morgan fingerprint density at radius 3 is 2.47 bits per heavy atom. The molecule has 0 saturated carbocycles. The van der Waals surface area contributed by atoms with Crippen molar-refractivity contribution in [3.05, 3.63) is 36.7 Å². The van der Waals surface area contributed by atoms with E-state index in [1.165, 1.54) is 6.33 Å². The number of aromatic nitrogens is 3. The summed E-state index contributed by atoms with van der Waals surface area (Å²) in [6.07, 6.45) is 1.42. The van der Waals surface area contributed by atoms with Crippen LogP contribution in [0.15, 0.2) is 41.8 Å². The first kappa shape index (κ1) is 12.4. The molecule has 1 aromatic heterocycles. The summed E-state index contributed by atoms with van der Waals surface area (Å²) in [7, 11) is 0. The Kier molecular flexibility index (Phi) is 5.04. The topological polar surface area (TPSA) is 50.7 Å². The van der Waals surface area contributed by atoms with Crippen molar-refractivity contribution in [1.29, 1.82) is 0 Å². The van der Waals surface area contributed by atoms with Crippen LogP contribution < -0.4 is 5.32 Å². The van der Waals surface area contributed by atoms with Crippen molar-refractivity contribution in [3.63, 3.8) is 0 Å². The first-order valence-corrected chi connectivity index (χ1v) is 4.49. The third kappa shape index (κ3) is 3.79. The summed E-state index contributed by atoms with van der Waals surface area (Å²) < 4.78 is 0. The zero-order chi connectivity index (χ0) is 9.80. The Balaban J connectivity index is 0.00000112. The summed E-state index contributed by atoms with van der Waals surface area (Å²) in [4.78, 5) is 11.7. The van der Waals surface area contributed by atoms with E-state index in [4.69, 9.17) is 0 Å². The summed E-state index contributed by atoms with van der Waals surface area (Å²) in [5.41, 5.74) is 0.937. The number of hydrogen-bond donors (Lipinski definition) is 2. The second kappa shape index (κ2) is 6.07. The van der Waals surface area contributed by atoms with Gasteiger partial charge in [0.05, 0.1) is 0 Å². The molecule has 0 spiro atoms. The Morgan fingerprint density at radius 2 is 1.80 bits per heavy atom. The molecule has 0 bridgehead atoms. The van der Waals surface area contributed by atoms with Gasteiger partial charge >= 0.3 is 29.6 Å². The van der Waals surface area contributed by atoms with Crippen molar-refractivity contribution in [2.75, 3.05) is 5.32 Å². The molecule has 0 radical (unpaired) electrons. The number of anilines is 2. The third-order valence-corrected chi connectivity index (χ3v) is 1.80. The minimum atomic E-state index is 0. The predicted molar refractivity (Wildman–Crippen MR) is 64.0 cm³/mol. The molecule has 4 nitrogen and oxygen atoms in total. The van der Waals surface area contributed by atoms with Gasteiger partial charge in [0.2, 0.25) is 5.95 Å². The van der Waals surface area contributed by atoms with Crippen molar-refractivity contribution < 1.29 is 0 Å². The van der Waals surface area contributed by atoms with Crippen LogP contribution in [-0.2, 0) is 0 Å². The van der Waals surface area contributed by atoms with Crippen LogP contribution in [0.5, 0.6) is 0 Å². The van der Waals surface area contributed by atoms with Gasteiger partial charge in [-0.25, -0.2) is 9.97 Å². The molecule has 1 heterocycles. The quantitative estimate of drug-likeness (QED) is 0.600. The molecule has 0 aliphatic carbocycles. The Morgan fingerprint density at radius 1 is 1.07 bits per heavy atom. The number of para-hydroxylation sites is 1. The van der Waals surface area contributed by atoms with E-state index in [1.807, 2.05) is 30.3 Å². The summed E-state index contributed by atoms with van der Waals surface area (Å²) in [5.74, 6) is 0.496. The molecule has 0 unspecified atom stereocenters. The number of rotatable bonds is 2. The molecule has 0 saturated heterocycles. The van der Waals surface area contributed by atoms with Crippen molar-refractivity contribution in [2.45, 2.75) is 5.16 Å². The maximum absolute atomic E-state index is 4.02. The molecule has 1 N–H and O–H groups in total. The van der Waals surface area contributed by atoms with Gasteiger partial charge in [0.15, 0.2) is 5.16 Å². The van der Waals surface area contributed by atoms with Gasteiger partial charge in [-0.2, -0.15) is 4.98 Å². The molecular formula is C9H9N4NaS. The Labute approximate surface area is 115 Å². The van der Waals surface area contributed by atoms with E-state index >= 15 is 0 Å². The molecule has 1 aromatic carbocycles. The minimum absolute atomic E-state index is 0. The summed E-state index contributed by atoms with van der Waals surface area (Å²) in [6.45, 7) is 0. The van der Waals surface area contributed by atoms with Crippen LogP contribution in [0.3, 0.4) is 0 Å². The Hall–Kier alpha value is -0.620. The monoisotopic (exact) mass is 228 g/mol. The molecule has 0 aliphatic heterocycles. The van der Waals surface area contributed by atoms with Gasteiger partial charge in [-0.3, -0.25) is 0 Å². The molecule has 0 amide bonds. The molecule has 15 heavy (non-hydrogen) atoms. The van der Waals surface area contributed by atoms with Crippen LogP contribution in [0.25, 0.3) is 0 Å². The molecule has 0 aliphatic rings. The molecule has 72 valence electrons. The van der Waals surface area contributed by atoms with Crippen molar-refractivity contribution in [2.24, 2.45) is 0 Å². The number of nitrogens with one attached hydrogen (secondary N) is 1. The summed E-state index contributed by atoms with van der Waals surface area (Å²) >= 11 is 4.02. The average molecular weight is 228 g/mol. The van der Waals surface area contributed by atoms with Crippen LogP contribution in [0.1, 0.15) is 0 Å². The van der Waals surface area contributed by atoms with Gasteiger partial charge in [-0.15, -0.1) is 12.6 Å². The van der Waals surface area contributed by atoms with Gasteiger partial charge < -0.3 is 5.32 Å². The van der Waals surface area contributed by atoms with Gasteiger partial charge in [-0.05, 0) is 12.1 Å². The molecule has 0 fully saturated rings. The zero-order valence-electron chi connectivity index (χ0n) is 7.25. The predicted octanol–water partition coefficient (Wildman–Crippen LogP) is 1.26. The second-order valence-corrected chi connectivity index (χ2v) is 3.00. The molecular weight excluding hydrogens is 219 g/mol. The first-order valence-electron chi connectivity index (χ1n) is 4.05. The molecule has 0 atom stereocenters. The van der Waals surface area contributed by atoms with Crippen molar-refractivity contribution in [3.8, 4) is 0 Å². The number of nitrogens with zero attached hydrogens (tertiary/aromatic N) is 3. The van der Waals surface area contributed by atoms with E-state index in [0.29, 0.717) is 11.1 Å². The zero-order valence-corrected chi connectivity index (χ0v) is 8.15. The van der Waals surface area contributed by atoms with Gasteiger partial charge in [0, 0.05) is 5.69 Å². The number of benzene rings is 1. The molecule has 6 heteroatoms. The van der Waals surface area contributed by atoms with Crippen molar-refractivity contribution >= 4 is 53.8 Å². The standard InChI is InChI=1S/C9H8N4S.Na.H/c14-9-11-6-10-8(13-9)12-7-4-2-1-3-5-7;;/h1-6H,(H2,10,11,12,13,14);;. The first-order chi connectivity index (χ1) is 6.84. The fraction of sp³-hybridized carbons (Fsp3) is 0. The Bertz CT molecular complexity index is 423. The maximum atomic E-state index is 4.02. The van der Waals surface area contributed by atoms with Gasteiger partial charge in [0.25, 0.3) is 0 Å². The van der Waals surface area contributed by atoms with Crippen LogP contribution in [0.4, 0.5) is 11.6 Å². The molecule has 2 rings (SSSR count).